The molecule has 0 aromatic carbocycles. The summed E-state index contributed by atoms with van der Waals surface area (Å²) in [6, 6.07) is 0. The molecule has 0 aliphatic heterocycles. The molecule has 0 amide bonds. The summed E-state index contributed by atoms with van der Waals surface area (Å²) in [5.74, 6) is 1.61. The van der Waals surface area contributed by atoms with Crippen molar-refractivity contribution in [3.8, 4) is 0 Å². The Balaban J connectivity index is 2.72. The fourth-order valence-electron chi connectivity index (χ4n) is 0.958. The van der Waals surface area contributed by atoms with E-state index in [2.05, 4.69) is 37.9 Å². The summed E-state index contributed by atoms with van der Waals surface area (Å²) in [5.41, 5.74) is 0. The Labute approximate surface area is 97.6 Å². The number of nitrogens with one attached hydrogen (secondary N) is 1. The number of anilines is 1. The van der Waals surface area contributed by atoms with E-state index in [9.17, 15) is 0 Å². The fraction of sp³-hybridized carbons (Fsp3) is 0.556. The van der Waals surface area contributed by atoms with E-state index in [0.29, 0.717) is 13.2 Å². The average Bonchev–Trinajstić information content (AvgIpc) is 2.19. The summed E-state index contributed by atoms with van der Waals surface area (Å²) in [4.78, 5) is 8.52. The Morgan fingerprint density at radius 2 is 2.29 bits per heavy atom. The number of rotatable bonds is 5. The Morgan fingerprint density at radius 3 is 2.93 bits per heavy atom. The molecular formula is C9H14IN3O. The van der Waals surface area contributed by atoms with E-state index in [1.807, 2.05) is 13.8 Å². The summed E-state index contributed by atoms with van der Waals surface area (Å²) in [7, 11) is 0. The topological polar surface area (TPSA) is 47.0 Å². The van der Waals surface area contributed by atoms with Gasteiger partial charge in [0.1, 0.15) is 12.4 Å². The third-order valence-electron chi connectivity index (χ3n) is 1.57. The highest BCUT2D eigenvalue weighted by atomic mass is 127. The summed E-state index contributed by atoms with van der Waals surface area (Å²) < 4.78 is 6.27. The minimum Gasteiger partial charge on any atom is -0.374 e. The summed E-state index contributed by atoms with van der Waals surface area (Å²) in [5, 5.41) is 3.18. The summed E-state index contributed by atoms with van der Waals surface area (Å²) >= 11 is 2.21. The predicted molar refractivity (Wildman–Crippen MR) is 64.2 cm³/mol. The zero-order valence-electron chi connectivity index (χ0n) is 8.38. The van der Waals surface area contributed by atoms with Crippen LogP contribution in [0.25, 0.3) is 0 Å². The Morgan fingerprint density at radius 1 is 1.50 bits per heavy atom. The smallest absolute Gasteiger partial charge is 0.156 e. The van der Waals surface area contributed by atoms with E-state index in [4.69, 9.17) is 4.74 Å². The van der Waals surface area contributed by atoms with Crippen molar-refractivity contribution >= 4 is 28.4 Å². The highest BCUT2D eigenvalue weighted by molar-refractivity contribution is 14.1. The van der Waals surface area contributed by atoms with Crippen LogP contribution in [-0.4, -0.2) is 23.1 Å². The molecule has 0 saturated heterocycles. The van der Waals surface area contributed by atoms with Gasteiger partial charge in [0.05, 0.1) is 3.57 Å². The maximum atomic E-state index is 5.24. The second kappa shape index (κ2) is 6.13. The van der Waals surface area contributed by atoms with E-state index in [0.717, 1.165) is 21.8 Å². The second-order valence-corrected chi connectivity index (χ2v) is 3.81. The normalized spacial score (nSPS) is 10.2. The molecule has 0 fully saturated rings. The quantitative estimate of drug-likeness (QED) is 0.846. The third-order valence-corrected chi connectivity index (χ3v) is 2.36. The SMILES string of the molecule is CCNc1nc(COCC)ncc1I. The van der Waals surface area contributed by atoms with Gasteiger partial charge in [0.25, 0.3) is 0 Å². The van der Waals surface area contributed by atoms with E-state index in [1.165, 1.54) is 0 Å². The van der Waals surface area contributed by atoms with Crippen molar-refractivity contribution in [3.63, 3.8) is 0 Å². The van der Waals surface area contributed by atoms with Gasteiger partial charge in [0.15, 0.2) is 5.82 Å². The maximum absolute atomic E-state index is 5.24. The van der Waals surface area contributed by atoms with Crippen LogP contribution in [0.3, 0.4) is 0 Å². The molecule has 1 rings (SSSR count). The Kier molecular flexibility index (Phi) is 5.10. The number of nitrogens with zero attached hydrogens (tertiary/aromatic N) is 2. The Hall–Kier alpha value is -0.430. The van der Waals surface area contributed by atoms with Crippen LogP contribution in [-0.2, 0) is 11.3 Å². The van der Waals surface area contributed by atoms with Crippen molar-refractivity contribution in [1.82, 2.24) is 9.97 Å². The predicted octanol–water partition coefficient (Wildman–Crippen LogP) is 2.05. The molecule has 0 radical (unpaired) electrons. The van der Waals surface area contributed by atoms with E-state index in [-0.39, 0.29) is 0 Å². The van der Waals surface area contributed by atoms with E-state index < -0.39 is 0 Å². The van der Waals surface area contributed by atoms with Gasteiger partial charge in [-0.25, -0.2) is 9.97 Å². The first-order valence-corrected chi connectivity index (χ1v) is 5.68. The molecule has 78 valence electrons. The molecule has 0 spiro atoms. The van der Waals surface area contributed by atoms with Crippen LogP contribution in [0, 0.1) is 3.57 Å². The standard InChI is InChI=1S/C9H14IN3O/c1-3-11-9-7(10)5-12-8(13-9)6-14-4-2/h5H,3-4,6H2,1-2H3,(H,11,12,13). The lowest BCUT2D eigenvalue weighted by atomic mass is 10.5. The first kappa shape index (κ1) is 11.6. The first-order valence-electron chi connectivity index (χ1n) is 4.61. The molecule has 0 unspecified atom stereocenters. The van der Waals surface area contributed by atoms with Crippen LogP contribution < -0.4 is 5.32 Å². The van der Waals surface area contributed by atoms with Gasteiger partial charge in [-0.1, -0.05) is 0 Å². The van der Waals surface area contributed by atoms with Gasteiger partial charge in [-0.3, -0.25) is 0 Å². The minimum atomic E-state index is 0.478. The fourth-order valence-corrected chi connectivity index (χ4v) is 1.41. The molecule has 0 saturated carbocycles. The van der Waals surface area contributed by atoms with Crippen molar-refractivity contribution < 1.29 is 4.74 Å². The molecule has 1 aromatic heterocycles. The lowest BCUT2D eigenvalue weighted by Gasteiger charge is -2.06. The molecule has 1 N–H and O–H groups in total. The van der Waals surface area contributed by atoms with Gasteiger partial charge in [-0.15, -0.1) is 0 Å². The van der Waals surface area contributed by atoms with Gasteiger partial charge in [0, 0.05) is 19.3 Å². The third kappa shape index (κ3) is 3.38. The van der Waals surface area contributed by atoms with Crippen LogP contribution in [0.5, 0.6) is 0 Å². The highest BCUT2D eigenvalue weighted by Crippen LogP contribution is 2.13. The highest BCUT2D eigenvalue weighted by Gasteiger charge is 2.03. The number of halogens is 1. The first-order chi connectivity index (χ1) is 6.77. The lowest BCUT2D eigenvalue weighted by molar-refractivity contribution is 0.128. The largest absolute Gasteiger partial charge is 0.374 e. The minimum absolute atomic E-state index is 0.478. The molecular weight excluding hydrogens is 293 g/mol. The molecule has 5 heteroatoms. The second-order valence-electron chi connectivity index (χ2n) is 2.65. The van der Waals surface area contributed by atoms with Gasteiger partial charge >= 0.3 is 0 Å². The van der Waals surface area contributed by atoms with Crippen LogP contribution in [0.1, 0.15) is 19.7 Å². The van der Waals surface area contributed by atoms with E-state index >= 15 is 0 Å². The molecule has 1 heterocycles. The van der Waals surface area contributed by atoms with Crippen molar-refractivity contribution in [2.24, 2.45) is 0 Å². The summed E-state index contributed by atoms with van der Waals surface area (Å²) in [6.07, 6.45) is 1.81. The Bertz CT molecular complexity index is 293. The van der Waals surface area contributed by atoms with Crippen molar-refractivity contribution in [3.05, 3.63) is 15.6 Å². The zero-order valence-corrected chi connectivity index (χ0v) is 10.5. The van der Waals surface area contributed by atoms with Crippen LogP contribution in [0.15, 0.2) is 6.20 Å². The number of hydrogen-bond acceptors (Lipinski definition) is 4. The molecule has 14 heavy (non-hydrogen) atoms. The molecule has 1 aromatic rings. The number of ether oxygens (including phenoxy) is 1. The number of aromatic nitrogens is 2. The van der Waals surface area contributed by atoms with Gasteiger partial charge in [-0.2, -0.15) is 0 Å². The van der Waals surface area contributed by atoms with Crippen molar-refractivity contribution in [2.75, 3.05) is 18.5 Å². The molecule has 0 aliphatic carbocycles. The molecule has 0 atom stereocenters. The van der Waals surface area contributed by atoms with Crippen LogP contribution >= 0.6 is 22.6 Å². The van der Waals surface area contributed by atoms with Gasteiger partial charge in [-0.05, 0) is 36.4 Å². The van der Waals surface area contributed by atoms with Gasteiger partial charge in [0.2, 0.25) is 0 Å². The number of hydrogen-bond donors (Lipinski definition) is 1. The lowest BCUT2D eigenvalue weighted by Crippen LogP contribution is -2.06. The van der Waals surface area contributed by atoms with E-state index in [1.54, 1.807) is 6.20 Å². The van der Waals surface area contributed by atoms with Gasteiger partial charge < -0.3 is 10.1 Å². The molecule has 0 bridgehead atoms. The zero-order chi connectivity index (χ0) is 10.4. The summed E-state index contributed by atoms with van der Waals surface area (Å²) in [6.45, 7) is 6.02. The molecule has 0 aliphatic rings. The average molecular weight is 307 g/mol. The maximum Gasteiger partial charge on any atom is 0.156 e. The monoisotopic (exact) mass is 307 g/mol. The molecule has 4 nitrogen and oxygen atoms in total. The van der Waals surface area contributed by atoms with Crippen molar-refractivity contribution in [1.29, 1.82) is 0 Å². The van der Waals surface area contributed by atoms with Crippen LogP contribution in [0.4, 0.5) is 5.82 Å². The van der Waals surface area contributed by atoms with Crippen LogP contribution in [0.2, 0.25) is 0 Å². The van der Waals surface area contributed by atoms with Crippen molar-refractivity contribution in [2.45, 2.75) is 20.5 Å².